The van der Waals surface area contributed by atoms with E-state index in [1.165, 1.54) is 0 Å². The number of amides is 1. The number of carboxylic acids is 1. The largest absolute Gasteiger partial charge is 0.481 e. The van der Waals surface area contributed by atoms with Crippen LogP contribution < -0.4 is 5.32 Å². The first-order valence-electron chi connectivity index (χ1n) is 6.50. The fourth-order valence-corrected chi connectivity index (χ4v) is 2.57. The molecule has 0 aromatic carbocycles. The zero-order chi connectivity index (χ0) is 13.9. The zero-order valence-corrected chi connectivity index (χ0v) is 11.2. The van der Waals surface area contributed by atoms with Crippen LogP contribution in [0.15, 0.2) is 0 Å². The summed E-state index contributed by atoms with van der Waals surface area (Å²) in [5.74, 6) is -1.81. The second-order valence-corrected chi connectivity index (χ2v) is 5.67. The van der Waals surface area contributed by atoms with Gasteiger partial charge in [0.2, 0.25) is 5.91 Å². The van der Waals surface area contributed by atoms with E-state index in [4.69, 9.17) is 5.11 Å². The van der Waals surface area contributed by atoms with Crippen molar-refractivity contribution in [2.75, 3.05) is 6.61 Å². The molecule has 104 valence electrons. The lowest BCUT2D eigenvalue weighted by Crippen LogP contribution is -2.45. The summed E-state index contributed by atoms with van der Waals surface area (Å²) in [5, 5.41) is 21.1. The molecule has 18 heavy (non-hydrogen) atoms. The third-order valence-corrected chi connectivity index (χ3v) is 3.78. The highest BCUT2D eigenvalue weighted by Crippen LogP contribution is 2.36. The van der Waals surface area contributed by atoms with E-state index in [0.29, 0.717) is 12.8 Å². The van der Waals surface area contributed by atoms with Crippen molar-refractivity contribution in [3.8, 4) is 0 Å². The Hall–Kier alpha value is -1.10. The molecule has 3 N–H and O–H groups in total. The summed E-state index contributed by atoms with van der Waals surface area (Å²) in [7, 11) is 0. The Morgan fingerprint density at radius 2 is 1.83 bits per heavy atom. The van der Waals surface area contributed by atoms with E-state index in [-0.39, 0.29) is 30.4 Å². The molecular weight excluding hydrogens is 234 g/mol. The summed E-state index contributed by atoms with van der Waals surface area (Å²) >= 11 is 0. The van der Waals surface area contributed by atoms with Gasteiger partial charge >= 0.3 is 5.97 Å². The summed E-state index contributed by atoms with van der Waals surface area (Å²) in [6, 6.07) is -0.303. The Labute approximate surface area is 108 Å². The Balaban J connectivity index is 2.68. The van der Waals surface area contributed by atoms with Gasteiger partial charge in [0.05, 0.1) is 24.5 Å². The normalized spacial score (nSPS) is 29.3. The first kappa shape index (κ1) is 15.0. The molecule has 1 aliphatic carbocycles. The van der Waals surface area contributed by atoms with E-state index in [2.05, 4.69) is 5.32 Å². The predicted molar refractivity (Wildman–Crippen MR) is 66.9 cm³/mol. The van der Waals surface area contributed by atoms with Gasteiger partial charge in [0, 0.05) is 0 Å². The second kappa shape index (κ2) is 6.18. The van der Waals surface area contributed by atoms with Crippen molar-refractivity contribution >= 4 is 11.9 Å². The van der Waals surface area contributed by atoms with Crippen LogP contribution in [0.1, 0.15) is 33.6 Å². The van der Waals surface area contributed by atoms with Crippen molar-refractivity contribution < 1.29 is 19.8 Å². The smallest absolute Gasteiger partial charge is 0.307 e. The number of rotatable bonds is 5. The first-order valence-corrected chi connectivity index (χ1v) is 6.50. The number of hydrogen-bond donors (Lipinski definition) is 3. The molecule has 1 saturated carbocycles. The number of aliphatic carboxylic acids is 1. The molecule has 1 rings (SSSR count). The van der Waals surface area contributed by atoms with Gasteiger partial charge in [-0.15, -0.1) is 0 Å². The molecule has 5 heteroatoms. The van der Waals surface area contributed by atoms with Crippen molar-refractivity contribution in [1.29, 1.82) is 0 Å². The minimum atomic E-state index is -0.899. The Morgan fingerprint density at radius 1 is 1.28 bits per heavy atom. The van der Waals surface area contributed by atoms with Gasteiger partial charge in [0.15, 0.2) is 0 Å². The van der Waals surface area contributed by atoms with Crippen molar-refractivity contribution in [2.24, 2.45) is 23.7 Å². The SMILES string of the molecule is CC1CC(C(=O)O)C(C(=O)N[C@H](CO)C(C)C)C1. The molecule has 0 aromatic heterocycles. The van der Waals surface area contributed by atoms with Crippen molar-refractivity contribution in [2.45, 2.75) is 39.7 Å². The van der Waals surface area contributed by atoms with Crippen LogP contribution in [0.3, 0.4) is 0 Å². The van der Waals surface area contributed by atoms with E-state index in [0.717, 1.165) is 0 Å². The quantitative estimate of drug-likeness (QED) is 0.682. The van der Waals surface area contributed by atoms with Gasteiger partial charge in [-0.25, -0.2) is 0 Å². The number of aliphatic hydroxyl groups excluding tert-OH is 1. The molecule has 1 fully saturated rings. The van der Waals surface area contributed by atoms with Gasteiger partial charge in [-0.3, -0.25) is 9.59 Å². The third kappa shape index (κ3) is 3.45. The number of nitrogens with one attached hydrogen (secondary N) is 1. The highest BCUT2D eigenvalue weighted by Gasteiger charge is 2.41. The molecule has 0 aliphatic heterocycles. The summed E-state index contributed by atoms with van der Waals surface area (Å²) in [6.45, 7) is 5.67. The van der Waals surface area contributed by atoms with Crippen LogP contribution in [0, 0.1) is 23.7 Å². The number of aliphatic hydroxyl groups is 1. The molecule has 1 aliphatic rings. The average Bonchev–Trinajstić information content (AvgIpc) is 2.67. The minimum Gasteiger partial charge on any atom is -0.481 e. The lowest BCUT2D eigenvalue weighted by atomic mass is 9.94. The highest BCUT2D eigenvalue weighted by molar-refractivity contribution is 5.85. The molecule has 0 radical (unpaired) electrons. The molecule has 0 saturated heterocycles. The summed E-state index contributed by atoms with van der Waals surface area (Å²) in [5.41, 5.74) is 0. The highest BCUT2D eigenvalue weighted by atomic mass is 16.4. The Kier molecular flexibility index (Phi) is 5.14. The van der Waals surface area contributed by atoms with Crippen LogP contribution in [-0.2, 0) is 9.59 Å². The number of carboxylic acid groups (broad SMARTS) is 1. The molecule has 1 amide bonds. The first-order chi connectivity index (χ1) is 8.36. The summed E-state index contributed by atoms with van der Waals surface area (Å²) in [4.78, 5) is 23.2. The second-order valence-electron chi connectivity index (χ2n) is 5.67. The van der Waals surface area contributed by atoms with E-state index in [9.17, 15) is 14.7 Å². The third-order valence-electron chi connectivity index (χ3n) is 3.78. The zero-order valence-electron chi connectivity index (χ0n) is 11.2. The van der Waals surface area contributed by atoms with Crippen LogP contribution in [0.2, 0.25) is 0 Å². The molecular formula is C13H23NO4. The molecule has 0 aromatic rings. The average molecular weight is 257 g/mol. The van der Waals surface area contributed by atoms with Gasteiger partial charge < -0.3 is 15.5 Å². The maximum Gasteiger partial charge on any atom is 0.307 e. The summed E-state index contributed by atoms with van der Waals surface area (Å²) in [6.07, 6.45) is 1.16. The predicted octanol–water partition coefficient (Wildman–Crippen LogP) is 0.866. The van der Waals surface area contributed by atoms with Gasteiger partial charge in [-0.2, -0.15) is 0 Å². The van der Waals surface area contributed by atoms with Crippen LogP contribution in [0.5, 0.6) is 0 Å². The maximum absolute atomic E-state index is 12.1. The topological polar surface area (TPSA) is 86.6 Å². The van der Waals surface area contributed by atoms with Gasteiger partial charge in [0.25, 0.3) is 0 Å². The van der Waals surface area contributed by atoms with E-state index < -0.39 is 17.8 Å². The number of carbonyl (C=O) groups excluding carboxylic acids is 1. The number of carbonyl (C=O) groups is 2. The van der Waals surface area contributed by atoms with E-state index in [1.54, 1.807) is 0 Å². The van der Waals surface area contributed by atoms with Crippen molar-refractivity contribution in [3.05, 3.63) is 0 Å². The van der Waals surface area contributed by atoms with Crippen LogP contribution in [0.25, 0.3) is 0 Å². The fourth-order valence-electron chi connectivity index (χ4n) is 2.57. The fraction of sp³-hybridized carbons (Fsp3) is 0.846. The molecule has 0 spiro atoms. The standard InChI is InChI=1S/C13H23NO4/c1-7(2)11(6-15)14-12(16)9-4-8(3)5-10(9)13(17)18/h7-11,15H,4-6H2,1-3H3,(H,14,16)(H,17,18)/t8?,9?,10?,11-/m1/s1. The molecule has 3 unspecified atom stereocenters. The maximum atomic E-state index is 12.1. The molecule has 0 heterocycles. The lowest BCUT2D eigenvalue weighted by molar-refractivity contribution is -0.146. The Bertz CT molecular complexity index is 316. The van der Waals surface area contributed by atoms with Gasteiger partial charge in [0.1, 0.15) is 0 Å². The van der Waals surface area contributed by atoms with Crippen molar-refractivity contribution in [3.63, 3.8) is 0 Å². The molecule has 0 bridgehead atoms. The van der Waals surface area contributed by atoms with Crippen LogP contribution in [0.4, 0.5) is 0 Å². The molecule has 4 atom stereocenters. The van der Waals surface area contributed by atoms with Crippen LogP contribution in [-0.4, -0.2) is 34.7 Å². The van der Waals surface area contributed by atoms with E-state index >= 15 is 0 Å². The van der Waals surface area contributed by atoms with Crippen LogP contribution >= 0.6 is 0 Å². The lowest BCUT2D eigenvalue weighted by Gasteiger charge is -2.23. The molecule has 5 nitrogen and oxygen atoms in total. The van der Waals surface area contributed by atoms with E-state index in [1.807, 2.05) is 20.8 Å². The van der Waals surface area contributed by atoms with Crippen molar-refractivity contribution in [1.82, 2.24) is 5.32 Å². The number of hydrogen-bond acceptors (Lipinski definition) is 3. The minimum absolute atomic E-state index is 0.122. The monoisotopic (exact) mass is 257 g/mol. The summed E-state index contributed by atoms with van der Waals surface area (Å²) < 4.78 is 0. The Morgan fingerprint density at radius 3 is 2.28 bits per heavy atom. The van der Waals surface area contributed by atoms with Gasteiger partial charge in [-0.05, 0) is 24.7 Å². The van der Waals surface area contributed by atoms with Gasteiger partial charge in [-0.1, -0.05) is 20.8 Å².